The molecule has 0 aliphatic rings. The van der Waals surface area contributed by atoms with E-state index in [0.717, 1.165) is 11.3 Å². The first-order valence-corrected chi connectivity index (χ1v) is 8.69. The molecule has 7 nitrogen and oxygen atoms in total. The van der Waals surface area contributed by atoms with Crippen LogP contribution in [-0.2, 0) is 9.59 Å². The van der Waals surface area contributed by atoms with Gasteiger partial charge in [0.2, 0.25) is 0 Å². The second kappa shape index (κ2) is 8.59. The van der Waals surface area contributed by atoms with Crippen molar-refractivity contribution in [3.63, 3.8) is 0 Å². The summed E-state index contributed by atoms with van der Waals surface area (Å²) in [5.41, 5.74) is 4.15. The van der Waals surface area contributed by atoms with Crippen molar-refractivity contribution in [3.05, 3.63) is 39.9 Å². The van der Waals surface area contributed by atoms with Crippen LogP contribution in [0.3, 0.4) is 0 Å². The number of halogens is 1. The molecule has 0 saturated carbocycles. The summed E-state index contributed by atoms with van der Waals surface area (Å²) in [6.45, 7) is 5.50. The Labute approximate surface area is 154 Å². The number of hydrogen-bond acceptors (Lipinski definition) is 6. The average Bonchev–Trinajstić information content (AvgIpc) is 2.88. The van der Waals surface area contributed by atoms with Crippen molar-refractivity contribution < 1.29 is 9.59 Å². The third-order valence-corrected chi connectivity index (χ3v) is 4.28. The second-order valence-corrected chi connectivity index (χ2v) is 6.83. The Kier molecular flexibility index (Phi) is 6.49. The summed E-state index contributed by atoms with van der Waals surface area (Å²) in [4.78, 5) is 27.8. The topological polar surface area (TPSA) is 95.5 Å². The van der Waals surface area contributed by atoms with Crippen LogP contribution in [0.4, 0.5) is 10.8 Å². The van der Waals surface area contributed by atoms with Crippen LogP contribution < -0.4 is 16.1 Å². The Balaban J connectivity index is 1.99. The van der Waals surface area contributed by atoms with Crippen molar-refractivity contribution in [2.45, 2.75) is 26.8 Å². The number of anilines is 2. The lowest BCUT2D eigenvalue weighted by Crippen LogP contribution is -2.41. The molecular formula is C16H18ClN5O2S. The van der Waals surface area contributed by atoms with Gasteiger partial charge in [-0.1, -0.05) is 41.1 Å². The van der Waals surface area contributed by atoms with Gasteiger partial charge in [0.05, 0.1) is 11.1 Å². The molecule has 25 heavy (non-hydrogen) atoms. The molecule has 1 heterocycles. The molecule has 2 aromatic rings. The third-order valence-electron chi connectivity index (χ3n) is 2.97. The zero-order valence-electron chi connectivity index (χ0n) is 14.0. The number of carbonyl (C=O) groups is 2. The fraction of sp³-hybridized carbons (Fsp3) is 0.250. The van der Waals surface area contributed by atoms with Crippen LogP contribution in [-0.4, -0.2) is 29.1 Å². The van der Waals surface area contributed by atoms with E-state index < -0.39 is 11.8 Å². The molecule has 0 saturated heterocycles. The fourth-order valence-corrected chi connectivity index (χ4v) is 2.84. The number of aryl methyl sites for hydroxylation is 1. The van der Waals surface area contributed by atoms with Crippen LogP contribution in [0.5, 0.6) is 0 Å². The Morgan fingerprint density at radius 3 is 2.68 bits per heavy atom. The zero-order valence-corrected chi connectivity index (χ0v) is 15.5. The molecule has 1 aromatic heterocycles. The predicted molar refractivity (Wildman–Crippen MR) is 101 cm³/mol. The predicted octanol–water partition coefficient (Wildman–Crippen LogP) is 2.82. The summed E-state index contributed by atoms with van der Waals surface area (Å²) in [5.74, 6) is -1.59. The molecule has 3 N–H and O–H groups in total. The zero-order chi connectivity index (χ0) is 18.4. The number of benzene rings is 1. The largest absolute Gasteiger partial charge is 0.346 e. The van der Waals surface area contributed by atoms with Crippen molar-refractivity contribution in [3.8, 4) is 0 Å². The highest BCUT2D eigenvalue weighted by Gasteiger charge is 2.13. The van der Waals surface area contributed by atoms with Crippen molar-refractivity contribution in [1.82, 2.24) is 15.7 Å². The maximum absolute atomic E-state index is 11.5. The van der Waals surface area contributed by atoms with Gasteiger partial charge < -0.3 is 10.6 Å². The Hall–Kier alpha value is -2.45. The minimum Gasteiger partial charge on any atom is -0.346 e. The van der Waals surface area contributed by atoms with E-state index in [1.54, 1.807) is 13.8 Å². The number of nitrogens with one attached hydrogen (secondary N) is 3. The maximum Gasteiger partial charge on any atom is 0.329 e. The molecule has 0 fully saturated rings. The van der Waals surface area contributed by atoms with E-state index in [2.05, 4.69) is 26.1 Å². The van der Waals surface area contributed by atoms with Gasteiger partial charge in [0.15, 0.2) is 10.3 Å². The summed E-state index contributed by atoms with van der Waals surface area (Å²) in [5, 5.41) is 10.2. The fourth-order valence-electron chi connectivity index (χ4n) is 1.80. The van der Waals surface area contributed by atoms with E-state index in [-0.39, 0.29) is 11.2 Å². The Morgan fingerprint density at radius 2 is 2.00 bits per heavy atom. The number of nitrogens with zero attached hydrogens (tertiary/aromatic N) is 2. The normalized spacial score (nSPS) is 10.9. The number of para-hydroxylation sites is 1. The number of carbonyl (C=O) groups excluding carboxylic acids is 2. The molecule has 2 amide bonds. The third kappa shape index (κ3) is 5.54. The number of hydrogen-bond donors (Lipinski definition) is 3. The van der Waals surface area contributed by atoms with E-state index in [1.165, 1.54) is 17.6 Å². The van der Waals surface area contributed by atoms with E-state index >= 15 is 0 Å². The Bertz CT molecular complexity index is 804. The molecule has 2 rings (SSSR count). The van der Waals surface area contributed by atoms with Crippen LogP contribution in [0.25, 0.3) is 0 Å². The summed E-state index contributed by atoms with van der Waals surface area (Å²) in [6.07, 6.45) is 1.35. The van der Waals surface area contributed by atoms with Crippen LogP contribution in [0, 0.1) is 6.92 Å². The molecule has 0 atom stereocenters. The SMILES string of the molecule is Cc1ccccc1Nc1nc(Cl)c(/C=N/NC(=O)C(=O)NC(C)C)s1. The number of amides is 2. The summed E-state index contributed by atoms with van der Waals surface area (Å²) in [6, 6.07) is 7.66. The standard InChI is InChI=1S/C16H18ClN5O2S/c1-9(2)19-14(23)15(24)22-18-8-12-13(17)21-16(25-12)20-11-7-5-4-6-10(11)3/h4-9H,1-3H3,(H,19,23)(H,20,21)(H,22,24)/b18-8+. The van der Waals surface area contributed by atoms with Gasteiger partial charge in [0.25, 0.3) is 0 Å². The molecule has 9 heteroatoms. The minimum atomic E-state index is -0.844. The van der Waals surface area contributed by atoms with E-state index in [9.17, 15) is 9.59 Å². The maximum atomic E-state index is 11.5. The molecule has 0 unspecified atom stereocenters. The van der Waals surface area contributed by atoms with Gasteiger partial charge in [-0.2, -0.15) is 5.10 Å². The summed E-state index contributed by atoms with van der Waals surface area (Å²) >= 11 is 7.35. The number of hydrazone groups is 1. The van der Waals surface area contributed by atoms with Gasteiger partial charge in [-0.3, -0.25) is 9.59 Å². The highest BCUT2D eigenvalue weighted by molar-refractivity contribution is 7.17. The molecule has 0 bridgehead atoms. The van der Waals surface area contributed by atoms with E-state index in [0.29, 0.717) is 10.0 Å². The lowest BCUT2D eigenvalue weighted by Gasteiger charge is -2.05. The lowest BCUT2D eigenvalue weighted by atomic mass is 10.2. The van der Waals surface area contributed by atoms with Gasteiger partial charge in [-0.15, -0.1) is 0 Å². The minimum absolute atomic E-state index is 0.131. The second-order valence-electron chi connectivity index (χ2n) is 5.44. The van der Waals surface area contributed by atoms with E-state index in [1.807, 2.05) is 31.2 Å². The number of rotatable bonds is 5. The van der Waals surface area contributed by atoms with Crippen molar-refractivity contribution in [1.29, 1.82) is 0 Å². The first-order valence-electron chi connectivity index (χ1n) is 7.49. The Morgan fingerprint density at radius 1 is 1.28 bits per heavy atom. The molecule has 0 radical (unpaired) electrons. The van der Waals surface area contributed by atoms with Crippen molar-refractivity contribution in [2.75, 3.05) is 5.32 Å². The van der Waals surface area contributed by atoms with E-state index in [4.69, 9.17) is 11.6 Å². The van der Waals surface area contributed by atoms with Crippen LogP contribution in [0.1, 0.15) is 24.3 Å². The monoisotopic (exact) mass is 379 g/mol. The quantitative estimate of drug-likeness (QED) is 0.423. The number of thiazole rings is 1. The van der Waals surface area contributed by atoms with Gasteiger partial charge >= 0.3 is 11.8 Å². The van der Waals surface area contributed by atoms with Crippen molar-refractivity contribution >= 4 is 51.8 Å². The van der Waals surface area contributed by atoms with Gasteiger partial charge in [-0.05, 0) is 32.4 Å². The van der Waals surface area contributed by atoms with Crippen LogP contribution in [0.15, 0.2) is 29.4 Å². The van der Waals surface area contributed by atoms with Crippen molar-refractivity contribution in [2.24, 2.45) is 5.10 Å². The average molecular weight is 380 g/mol. The molecule has 1 aromatic carbocycles. The number of aromatic nitrogens is 1. The summed E-state index contributed by atoms with van der Waals surface area (Å²) in [7, 11) is 0. The highest BCUT2D eigenvalue weighted by Crippen LogP contribution is 2.28. The smallest absolute Gasteiger partial charge is 0.329 e. The molecular weight excluding hydrogens is 362 g/mol. The highest BCUT2D eigenvalue weighted by atomic mass is 35.5. The lowest BCUT2D eigenvalue weighted by molar-refractivity contribution is -0.139. The first-order chi connectivity index (χ1) is 11.9. The van der Waals surface area contributed by atoms with Crippen LogP contribution >= 0.6 is 22.9 Å². The summed E-state index contributed by atoms with van der Waals surface area (Å²) < 4.78 is 0. The van der Waals surface area contributed by atoms with Gasteiger partial charge in [0, 0.05) is 11.7 Å². The molecule has 0 aliphatic carbocycles. The first kappa shape index (κ1) is 18.9. The molecule has 132 valence electrons. The van der Waals surface area contributed by atoms with Crippen LogP contribution in [0.2, 0.25) is 5.15 Å². The van der Waals surface area contributed by atoms with Gasteiger partial charge in [0.1, 0.15) is 0 Å². The molecule has 0 aliphatic heterocycles. The molecule has 0 spiro atoms. The van der Waals surface area contributed by atoms with Gasteiger partial charge in [-0.25, -0.2) is 10.4 Å².